The SMILES string of the molecule is CCC(/C=C1/Sc2ccc(OC)cc2N1CC)=C1/SC(=S)N(C)C1=O. The molecule has 2 aliphatic heterocycles. The van der Waals surface area contributed by atoms with E-state index in [2.05, 4.69) is 37.0 Å². The molecule has 25 heavy (non-hydrogen) atoms. The van der Waals surface area contributed by atoms with Crippen LogP contribution in [0.2, 0.25) is 0 Å². The highest BCUT2D eigenvalue weighted by Crippen LogP contribution is 2.48. The molecule has 4 nitrogen and oxygen atoms in total. The minimum atomic E-state index is -0.00562. The van der Waals surface area contributed by atoms with Gasteiger partial charge in [-0.25, -0.2) is 0 Å². The number of benzene rings is 1. The summed E-state index contributed by atoms with van der Waals surface area (Å²) in [5, 5.41) is 1.13. The lowest BCUT2D eigenvalue weighted by Crippen LogP contribution is -2.22. The maximum atomic E-state index is 12.4. The van der Waals surface area contributed by atoms with E-state index in [9.17, 15) is 4.79 Å². The maximum absolute atomic E-state index is 12.4. The third kappa shape index (κ3) is 3.32. The van der Waals surface area contributed by atoms with Crippen LogP contribution in [-0.4, -0.2) is 35.8 Å². The molecule has 1 aromatic rings. The first-order valence-electron chi connectivity index (χ1n) is 8.08. The maximum Gasteiger partial charge on any atom is 0.266 e. The summed E-state index contributed by atoms with van der Waals surface area (Å²) in [6.07, 6.45) is 2.91. The molecule has 2 aliphatic rings. The Balaban J connectivity index is 2.00. The van der Waals surface area contributed by atoms with E-state index in [0.717, 1.165) is 39.9 Å². The second kappa shape index (κ2) is 7.43. The van der Waals surface area contributed by atoms with Gasteiger partial charge in [-0.05, 0) is 37.1 Å². The quantitative estimate of drug-likeness (QED) is 0.549. The molecular weight excluding hydrogens is 372 g/mol. The standard InChI is InChI=1S/C18H20N2O2S3/c1-5-11(16-17(21)19(3)18(23)25-16)9-15-20(6-2)13-10-12(22-4)7-8-14(13)24-15/h7-10H,5-6H2,1-4H3/b15-9+,16-11-. The highest BCUT2D eigenvalue weighted by molar-refractivity contribution is 8.26. The normalized spacial score (nSPS) is 20.6. The van der Waals surface area contributed by atoms with Crippen LogP contribution in [0.5, 0.6) is 5.75 Å². The first kappa shape index (κ1) is 18.4. The fourth-order valence-electron chi connectivity index (χ4n) is 2.76. The van der Waals surface area contributed by atoms with Crippen molar-refractivity contribution in [2.45, 2.75) is 25.2 Å². The van der Waals surface area contributed by atoms with Crippen LogP contribution in [-0.2, 0) is 4.79 Å². The van der Waals surface area contributed by atoms with E-state index in [1.807, 2.05) is 6.07 Å². The van der Waals surface area contributed by atoms with Crippen molar-refractivity contribution in [3.8, 4) is 5.75 Å². The fourth-order valence-corrected chi connectivity index (χ4v) is 5.22. The number of rotatable bonds is 4. The van der Waals surface area contributed by atoms with E-state index in [1.54, 1.807) is 30.8 Å². The van der Waals surface area contributed by atoms with Gasteiger partial charge in [-0.1, -0.05) is 42.7 Å². The zero-order valence-corrected chi connectivity index (χ0v) is 17.1. The molecule has 1 aromatic carbocycles. The first-order valence-corrected chi connectivity index (χ1v) is 10.1. The number of likely N-dealkylation sites (N-methyl/N-ethyl adjacent to an activating group) is 1. The average molecular weight is 393 g/mol. The Hall–Kier alpha value is -1.44. The second-order valence-corrected chi connectivity index (χ2v) is 8.31. The lowest BCUT2D eigenvalue weighted by Gasteiger charge is -2.19. The van der Waals surface area contributed by atoms with Crippen LogP contribution >= 0.6 is 35.7 Å². The van der Waals surface area contributed by atoms with Gasteiger partial charge in [-0.2, -0.15) is 0 Å². The molecule has 7 heteroatoms. The minimum Gasteiger partial charge on any atom is -0.497 e. The van der Waals surface area contributed by atoms with Gasteiger partial charge in [0.05, 0.1) is 22.7 Å². The summed E-state index contributed by atoms with van der Waals surface area (Å²) in [7, 11) is 3.41. The Morgan fingerprint density at radius 3 is 2.64 bits per heavy atom. The summed E-state index contributed by atoms with van der Waals surface area (Å²) in [5.41, 5.74) is 2.18. The molecule has 0 N–H and O–H groups in total. The number of carbonyl (C=O) groups excluding carboxylic acids is 1. The number of nitrogens with zero attached hydrogens (tertiary/aromatic N) is 2. The smallest absolute Gasteiger partial charge is 0.266 e. The molecule has 1 fully saturated rings. The average Bonchev–Trinajstić information content (AvgIpc) is 3.10. The Labute approximate surface area is 162 Å². The summed E-state index contributed by atoms with van der Waals surface area (Å²) in [4.78, 5) is 18.2. The Morgan fingerprint density at radius 1 is 1.32 bits per heavy atom. The van der Waals surface area contributed by atoms with Crippen LogP contribution in [0.1, 0.15) is 20.3 Å². The molecule has 132 valence electrons. The van der Waals surface area contributed by atoms with Crippen LogP contribution in [0, 0.1) is 0 Å². The van der Waals surface area contributed by atoms with Gasteiger partial charge in [0.1, 0.15) is 10.1 Å². The van der Waals surface area contributed by atoms with Crippen molar-refractivity contribution < 1.29 is 9.53 Å². The van der Waals surface area contributed by atoms with Gasteiger partial charge in [-0.3, -0.25) is 9.69 Å². The van der Waals surface area contributed by atoms with Crippen molar-refractivity contribution in [2.75, 3.05) is 25.6 Å². The van der Waals surface area contributed by atoms with Crippen molar-refractivity contribution >= 4 is 51.7 Å². The van der Waals surface area contributed by atoms with Crippen molar-refractivity contribution in [1.29, 1.82) is 0 Å². The van der Waals surface area contributed by atoms with E-state index in [0.29, 0.717) is 4.32 Å². The molecule has 2 heterocycles. The Kier molecular flexibility index (Phi) is 5.46. The lowest BCUT2D eigenvalue weighted by atomic mass is 10.1. The van der Waals surface area contributed by atoms with Crippen LogP contribution in [0.4, 0.5) is 5.69 Å². The number of allylic oxidation sites excluding steroid dienone is 2. The highest BCUT2D eigenvalue weighted by Gasteiger charge is 2.32. The van der Waals surface area contributed by atoms with Gasteiger partial charge in [-0.15, -0.1) is 0 Å². The highest BCUT2D eigenvalue weighted by atomic mass is 32.2. The second-order valence-electron chi connectivity index (χ2n) is 5.60. The molecule has 0 radical (unpaired) electrons. The van der Waals surface area contributed by atoms with E-state index in [-0.39, 0.29) is 5.91 Å². The summed E-state index contributed by atoms with van der Waals surface area (Å²) in [6, 6.07) is 6.12. The largest absolute Gasteiger partial charge is 0.497 e. The van der Waals surface area contributed by atoms with Gasteiger partial charge in [0, 0.05) is 24.6 Å². The van der Waals surface area contributed by atoms with Gasteiger partial charge < -0.3 is 9.64 Å². The molecule has 0 spiro atoms. The third-order valence-corrected chi connectivity index (χ3v) is 6.91. The van der Waals surface area contributed by atoms with Crippen LogP contribution in [0.25, 0.3) is 0 Å². The molecule has 1 amide bonds. The topological polar surface area (TPSA) is 32.8 Å². The van der Waals surface area contributed by atoms with Crippen molar-refractivity contribution in [2.24, 2.45) is 0 Å². The molecule has 0 saturated carbocycles. The number of hydrogen-bond donors (Lipinski definition) is 0. The van der Waals surface area contributed by atoms with Crippen molar-refractivity contribution in [3.63, 3.8) is 0 Å². The molecule has 3 rings (SSSR count). The van der Waals surface area contributed by atoms with Crippen LogP contribution in [0.15, 0.2) is 44.7 Å². The van der Waals surface area contributed by atoms with E-state index in [4.69, 9.17) is 17.0 Å². The third-order valence-electron chi connectivity index (χ3n) is 4.19. The van der Waals surface area contributed by atoms with Gasteiger partial charge in [0.2, 0.25) is 0 Å². The molecular formula is C18H20N2O2S3. The van der Waals surface area contributed by atoms with Crippen LogP contribution < -0.4 is 9.64 Å². The number of hydrogen-bond acceptors (Lipinski definition) is 6. The van der Waals surface area contributed by atoms with Gasteiger partial charge in [0.25, 0.3) is 5.91 Å². The number of amides is 1. The summed E-state index contributed by atoms with van der Waals surface area (Å²) in [6.45, 7) is 5.05. The van der Waals surface area contributed by atoms with E-state index in [1.165, 1.54) is 16.7 Å². The lowest BCUT2D eigenvalue weighted by molar-refractivity contribution is -0.121. The Morgan fingerprint density at radius 2 is 2.08 bits per heavy atom. The van der Waals surface area contributed by atoms with Crippen molar-refractivity contribution in [1.82, 2.24) is 4.90 Å². The predicted octanol–water partition coefficient (Wildman–Crippen LogP) is 4.62. The fraction of sp³-hybridized carbons (Fsp3) is 0.333. The number of anilines is 1. The number of ether oxygens (including phenoxy) is 1. The molecule has 0 unspecified atom stereocenters. The molecule has 0 aliphatic carbocycles. The van der Waals surface area contributed by atoms with Crippen LogP contribution in [0.3, 0.4) is 0 Å². The minimum absolute atomic E-state index is 0.00562. The molecule has 0 aromatic heterocycles. The van der Waals surface area contributed by atoms with Gasteiger partial charge in [0.15, 0.2) is 0 Å². The monoisotopic (exact) mass is 392 g/mol. The zero-order valence-electron chi connectivity index (χ0n) is 14.7. The molecule has 0 atom stereocenters. The predicted molar refractivity (Wildman–Crippen MR) is 110 cm³/mol. The zero-order chi connectivity index (χ0) is 18.1. The number of thioether (sulfide) groups is 2. The van der Waals surface area contributed by atoms with E-state index < -0.39 is 0 Å². The summed E-state index contributed by atoms with van der Waals surface area (Å²) < 4.78 is 5.97. The Bertz CT molecular complexity index is 802. The number of methoxy groups -OCH3 is 1. The number of carbonyl (C=O) groups is 1. The first-order chi connectivity index (χ1) is 12.0. The number of thiocarbonyl (C=S) groups is 1. The van der Waals surface area contributed by atoms with E-state index >= 15 is 0 Å². The molecule has 0 bridgehead atoms. The number of fused-ring (bicyclic) bond motifs is 1. The summed E-state index contributed by atoms with van der Waals surface area (Å²) >= 11 is 8.38. The summed E-state index contributed by atoms with van der Waals surface area (Å²) in [5.74, 6) is 0.843. The van der Waals surface area contributed by atoms with Gasteiger partial charge >= 0.3 is 0 Å². The molecule has 1 saturated heterocycles. The van der Waals surface area contributed by atoms with Crippen molar-refractivity contribution in [3.05, 3.63) is 39.8 Å².